The summed E-state index contributed by atoms with van der Waals surface area (Å²) in [5.41, 5.74) is -1.33. The van der Waals surface area contributed by atoms with Crippen LogP contribution in [0, 0.1) is 10.1 Å². The Bertz CT molecular complexity index is 189. The fraction of sp³-hybridized carbons (Fsp3) is 0.333. The van der Waals surface area contributed by atoms with Gasteiger partial charge in [0.25, 0.3) is 5.54 Å². The van der Waals surface area contributed by atoms with Crippen LogP contribution in [0.25, 0.3) is 0 Å². The molecule has 0 aromatic rings. The molecule has 0 radical (unpaired) electrons. The number of hydrogen-bond acceptors (Lipinski definition) is 2. The molecule has 0 unspecified atom stereocenters. The van der Waals surface area contributed by atoms with E-state index in [-0.39, 0.29) is 8.96 Å². The maximum atomic E-state index is 10.5. The third-order valence-electron chi connectivity index (χ3n) is 1.42. The molecule has 0 spiro atoms. The number of nitro groups is 1. The highest BCUT2D eigenvalue weighted by Crippen LogP contribution is 2.33. The minimum atomic E-state index is -1.33. The first-order valence-corrected chi connectivity index (χ1v) is 4.26. The third kappa shape index (κ3) is 1.90. The van der Waals surface area contributed by atoms with E-state index in [1.807, 2.05) is 0 Å². The van der Waals surface area contributed by atoms with E-state index >= 15 is 0 Å². The maximum Gasteiger partial charge on any atom is 0.280 e. The van der Waals surface area contributed by atoms with Crippen molar-refractivity contribution in [2.24, 2.45) is 0 Å². The van der Waals surface area contributed by atoms with E-state index < -0.39 is 10.5 Å². The predicted octanol–water partition coefficient (Wildman–Crippen LogP) is 2.84. The van der Waals surface area contributed by atoms with Crippen LogP contribution >= 0.6 is 31.9 Å². The molecular formula is C6H7Br2NO2. The van der Waals surface area contributed by atoms with Gasteiger partial charge < -0.3 is 0 Å². The number of halogens is 2. The van der Waals surface area contributed by atoms with Gasteiger partial charge >= 0.3 is 0 Å². The van der Waals surface area contributed by atoms with Crippen molar-refractivity contribution in [1.82, 2.24) is 0 Å². The molecular weight excluding hydrogens is 278 g/mol. The van der Waals surface area contributed by atoms with Crippen LogP contribution in [0.3, 0.4) is 0 Å². The molecule has 0 fully saturated rings. The Kier molecular flexibility index (Phi) is 3.44. The molecule has 0 aromatic carbocycles. The van der Waals surface area contributed by atoms with Crippen molar-refractivity contribution in [2.45, 2.75) is 12.5 Å². The summed E-state index contributed by atoms with van der Waals surface area (Å²) in [5.74, 6) is 0. The maximum absolute atomic E-state index is 10.5. The van der Waals surface area contributed by atoms with E-state index in [2.05, 4.69) is 45.0 Å². The lowest BCUT2D eigenvalue weighted by Crippen LogP contribution is -2.34. The topological polar surface area (TPSA) is 43.1 Å². The minimum Gasteiger partial charge on any atom is -0.263 e. The summed E-state index contributed by atoms with van der Waals surface area (Å²) in [6, 6.07) is 0. The average Bonchev–Trinajstić information content (AvgIpc) is 1.84. The third-order valence-corrected chi connectivity index (χ3v) is 2.97. The fourth-order valence-corrected chi connectivity index (χ4v) is 1.38. The molecule has 0 atom stereocenters. The summed E-state index contributed by atoms with van der Waals surface area (Å²) >= 11 is 5.94. The Balaban J connectivity index is 4.99. The summed E-state index contributed by atoms with van der Waals surface area (Å²) < 4.78 is 0.550. The normalized spacial score (nSPS) is 10.8. The van der Waals surface area contributed by atoms with Crippen molar-refractivity contribution in [3.8, 4) is 0 Å². The van der Waals surface area contributed by atoms with Gasteiger partial charge in [0.15, 0.2) is 0 Å². The van der Waals surface area contributed by atoms with Gasteiger partial charge in [0.05, 0.1) is 8.96 Å². The monoisotopic (exact) mass is 283 g/mol. The van der Waals surface area contributed by atoms with Crippen LogP contribution in [-0.4, -0.2) is 10.5 Å². The van der Waals surface area contributed by atoms with Crippen LogP contribution in [0.15, 0.2) is 22.1 Å². The molecule has 0 aliphatic rings. The molecule has 0 heterocycles. The van der Waals surface area contributed by atoms with E-state index in [9.17, 15) is 10.1 Å². The molecule has 0 aliphatic heterocycles. The Morgan fingerprint density at radius 3 is 1.73 bits per heavy atom. The highest BCUT2D eigenvalue weighted by atomic mass is 79.9. The molecule has 5 heteroatoms. The number of rotatable bonds is 3. The Morgan fingerprint density at radius 2 is 1.73 bits per heavy atom. The minimum absolute atomic E-state index is 0.275. The van der Waals surface area contributed by atoms with Crippen molar-refractivity contribution in [3.05, 3.63) is 32.2 Å². The van der Waals surface area contributed by atoms with Gasteiger partial charge in [0.2, 0.25) is 0 Å². The first kappa shape index (κ1) is 10.8. The molecule has 11 heavy (non-hydrogen) atoms. The SMILES string of the molecule is C=C(Br)C(C)(C(=C)Br)[N+](=O)[O-]. The Morgan fingerprint density at radius 1 is 1.45 bits per heavy atom. The lowest BCUT2D eigenvalue weighted by Gasteiger charge is -2.18. The quantitative estimate of drug-likeness (QED) is 0.591. The average molecular weight is 285 g/mol. The summed E-state index contributed by atoms with van der Waals surface area (Å²) in [7, 11) is 0. The van der Waals surface area contributed by atoms with Crippen LogP contribution in [0.4, 0.5) is 0 Å². The molecule has 0 rings (SSSR count). The van der Waals surface area contributed by atoms with Crippen LogP contribution in [0.2, 0.25) is 0 Å². The number of hydrogen-bond donors (Lipinski definition) is 0. The predicted molar refractivity (Wildman–Crippen MR) is 51.5 cm³/mol. The number of nitrogens with zero attached hydrogens (tertiary/aromatic N) is 1. The first-order chi connectivity index (χ1) is 4.83. The van der Waals surface area contributed by atoms with Crippen LogP contribution in [0.5, 0.6) is 0 Å². The van der Waals surface area contributed by atoms with Crippen molar-refractivity contribution >= 4 is 31.9 Å². The Labute approximate surface area is 81.6 Å². The summed E-state index contributed by atoms with van der Waals surface area (Å²) in [6.45, 7) is 8.33. The van der Waals surface area contributed by atoms with E-state index in [1.54, 1.807) is 0 Å². The standard InChI is InChI=1S/C6H7Br2NO2/c1-4(7)6(3,5(2)8)9(10)11/h1-2H2,3H3. The molecule has 0 N–H and O–H groups in total. The van der Waals surface area contributed by atoms with Crippen molar-refractivity contribution in [3.63, 3.8) is 0 Å². The lowest BCUT2D eigenvalue weighted by atomic mass is 10.1. The largest absolute Gasteiger partial charge is 0.280 e. The van der Waals surface area contributed by atoms with E-state index in [0.717, 1.165) is 0 Å². The van der Waals surface area contributed by atoms with Gasteiger partial charge in [-0.1, -0.05) is 13.2 Å². The highest BCUT2D eigenvalue weighted by molar-refractivity contribution is 9.12. The zero-order chi connectivity index (χ0) is 9.23. The molecule has 62 valence electrons. The molecule has 0 bridgehead atoms. The zero-order valence-corrected chi connectivity index (χ0v) is 9.11. The molecule has 0 saturated carbocycles. The second-order valence-corrected chi connectivity index (χ2v) is 4.05. The lowest BCUT2D eigenvalue weighted by molar-refractivity contribution is -0.537. The van der Waals surface area contributed by atoms with Gasteiger partial charge in [0.1, 0.15) is 0 Å². The second-order valence-electron chi connectivity index (χ2n) is 2.14. The highest BCUT2D eigenvalue weighted by Gasteiger charge is 2.41. The van der Waals surface area contributed by atoms with Crippen molar-refractivity contribution < 1.29 is 4.92 Å². The van der Waals surface area contributed by atoms with E-state index in [0.29, 0.717) is 0 Å². The van der Waals surface area contributed by atoms with Crippen LogP contribution in [0.1, 0.15) is 6.92 Å². The van der Waals surface area contributed by atoms with Gasteiger partial charge in [-0.3, -0.25) is 10.1 Å². The van der Waals surface area contributed by atoms with E-state index in [4.69, 9.17) is 0 Å². The molecule has 0 amide bonds. The van der Waals surface area contributed by atoms with Crippen LogP contribution in [-0.2, 0) is 0 Å². The summed E-state index contributed by atoms with van der Waals surface area (Å²) in [5, 5.41) is 10.5. The van der Waals surface area contributed by atoms with Crippen molar-refractivity contribution in [2.75, 3.05) is 0 Å². The van der Waals surface area contributed by atoms with E-state index in [1.165, 1.54) is 6.92 Å². The van der Waals surface area contributed by atoms with Gasteiger partial charge in [-0.25, -0.2) is 0 Å². The summed E-state index contributed by atoms with van der Waals surface area (Å²) in [4.78, 5) is 10.1. The molecule has 0 aliphatic carbocycles. The Hall–Kier alpha value is -0.160. The zero-order valence-electron chi connectivity index (χ0n) is 5.93. The van der Waals surface area contributed by atoms with Gasteiger partial charge in [-0.15, -0.1) is 0 Å². The molecule has 0 aromatic heterocycles. The van der Waals surface area contributed by atoms with Gasteiger partial charge in [-0.05, 0) is 31.9 Å². The van der Waals surface area contributed by atoms with Gasteiger partial charge in [-0.2, -0.15) is 0 Å². The fourth-order valence-electron chi connectivity index (χ4n) is 0.345. The van der Waals surface area contributed by atoms with Crippen LogP contribution < -0.4 is 0 Å². The van der Waals surface area contributed by atoms with Gasteiger partial charge in [0, 0.05) is 11.8 Å². The summed E-state index contributed by atoms with van der Waals surface area (Å²) in [6.07, 6.45) is 0. The second kappa shape index (κ2) is 3.49. The molecule has 3 nitrogen and oxygen atoms in total. The molecule has 0 saturated heterocycles. The first-order valence-electron chi connectivity index (χ1n) is 2.67. The van der Waals surface area contributed by atoms with Crippen molar-refractivity contribution in [1.29, 1.82) is 0 Å². The smallest absolute Gasteiger partial charge is 0.263 e.